The molecule has 1 aliphatic heterocycles. The first-order chi connectivity index (χ1) is 13.9. The highest BCUT2D eigenvalue weighted by atomic mass is 16.6. The highest BCUT2D eigenvalue weighted by Crippen LogP contribution is 2.30. The number of benzene rings is 3. The molecule has 0 aliphatic carbocycles. The Morgan fingerprint density at radius 1 is 0.862 bits per heavy atom. The van der Waals surface area contributed by atoms with Crippen LogP contribution >= 0.6 is 0 Å². The van der Waals surface area contributed by atoms with Crippen LogP contribution in [-0.4, -0.2) is 22.5 Å². The molecule has 0 radical (unpaired) electrons. The average molecular weight is 386 g/mol. The molecule has 0 fully saturated rings. The van der Waals surface area contributed by atoms with Gasteiger partial charge in [0.2, 0.25) is 0 Å². The Balaban J connectivity index is 1.72. The van der Waals surface area contributed by atoms with Crippen LogP contribution < -0.4 is 4.90 Å². The van der Waals surface area contributed by atoms with Crippen molar-refractivity contribution in [2.24, 2.45) is 0 Å². The monoisotopic (exact) mass is 386 g/mol. The highest BCUT2D eigenvalue weighted by Gasteiger charge is 2.37. The van der Waals surface area contributed by atoms with E-state index in [2.05, 4.69) is 0 Å². The van der Waals surface area contributed by atoms with Crippen LogP contribution in [0.1, 0.15) is 42.2 Å². The maximum atomic E-state index is 12.9. The van der Waals surface area contributed by atoms with Gasteiger partial charge < -0.3 is 0 Å². The van der Waals surface area contributed by atoms with Crippen molar-refractivity contribution in [3.63, 3.8) is 0 Å². The fraction of sp³-hybridized carbons (Fsp3) is 0.0455. The van der Waals surface area contributed by atoms with Crippen molar-refractivity contribution in [2.75, 3.05) is 4.90 Å². The van der Waals surface area contributed by atoms with Gasteiger partial charge in [-0.25, -0.2) is 4.90 Å². The molecule has 1 heterocycles. The highest BCUT2D eigenvalue weighted by molar-refractivity contribution is 6.34. The molecule has 3 aromatic carbocycles. The fourth-order valence-electron chi connectivity index (χ4n) is 3.31. The lowest BCUT2D eigenvalue weighted by Crippen LogP contribution is -2.29. The summed E-state index contributed by atoms with van der Waals surface area (Å²) >= 11 is 0. The molecule has 29 heavy (non-hydrogen) atoms. The second kappa shape index (κ2) is 6.79. The Labute approximate surface area is 165 Å². The van der Waals surface area contributed by atoms with E-state index in [4.69, 9.17) is 0 Å². The summed E-state index contributed by atoms with van der Waals surface area (Å²) in [5.74, 6) is -1.43. The zero-order valence-corrected chi connectivity index (χ0v) is 15.3. The molecule has 1 aliphatic rings. The summed E-state index contributed by atoms with van der Waals surface area (Å²) in [7, 11) is 0. The first-order valence-corrected chi connectivity index (χ1v) is 8.75. The Bertz CT molecular complexity index is 1220. The second-order valence-corrected chi connectivity index (χ2v) is 6.68. The van der Waals surface area contributed by atoms with Gasteiger partial charge in [-0.3, -0.25) is 24.5 Å². The van der Waals surface area contributed by atoms with Gasteiger partial charge in [0.05, 0.1) is 21.7 Å². The van der Waals surface area contributed by atoms with E-state index in [1.165, 1.54) is 42.5 Å². The van der Waals surface area contributed by atoms with Gasteiger partial charge in [0, 0.05) is 23.3 Å². The number of hydrogen-bond donors (Lipinski definition) is 0. The summed E-state index contributed by atoms with van der Waals surface area (Å²) in [6.45, 7) is 1.86. The van der Waals surface area contributed by atoms with E-state index in [-0.39, 0.29) is 27.9 Å². The van der Waals surface area contributed by atoms with Gasteiger partial charge in [-0.05, 0) is 36.8 Å². The number of amides is 2. The number of anilines is 1. The van der Waals surface area contributed by atoms with Crippen LogP contribution in [0, 0.1) is 17.0 Å². The normalized spacial score (nSPS) is 12.8. The molecule has 0 aromatic heterocycles. The molecule has 7 heteroatoms. The molecule has 7 nitrogen and oxygen atoms in total. The van der Waals surface area contributed by atoms with Crippen molar-refractivity contribution < 1.29 is 19.3 Å². The van der Waals surface area contributed by atoms with Crippen LogP contribution in [0.5, 0.6) is 0 Å². The number of ketones is 1. The molecule has 4 rings (SSSR count). The number of imide groups is 1. The minimum absolute atomic E-state index is 0.131. The van der Waals surface area contributed by atoms with Gasteiger partial charge in [-0.15, -0.1) is 0 Å². The standard InChI is InChI=1S/C22H14N2O5/c1-13-4-2-6-16(10-13)23-21(26)18-9-8-15(12-19(18)22(23)27)20(25)14-5-3-7-17(11-14)24(28)29/h2-12H,1H3. The van der Waals surface area contributed by atoms with E-state index >= 15 is 0 Å². The Hall–Kier alpha value is -4.13. The second-order valence-electron chi connectivity index (χ2n) is 6.68. The molecule has 0 saturated carbocycles. The van der Waals surface area contributed by atoms with E-state index in [0.717, 1.165) is 10.5 Å². The van der Waals surface area contributed by atoms with Crippen molar-refractivity contribution in [2.45, 2.75) is 6.92 Å². The van der Waals surface area contributed by atoms with Gasteiger partial charge in [0.1, 0.15) is 0 Å². The SMILES string of the molecule is Cc1cccc(N2C(=O)c3ccc(C(=O)c4cccc([N+](=O)[O-])c4)cc3C2=O)c1. The van der Waals surface area contributed by atoms with Crippen molar-refractivity contribution in [1.29, 1.82) is 0 Å². The third-order valence-electron chi connectivity index (χ3n) is 4.73. The Kier molecular flexibility index (Phi) is 4.27. The summed E-state index contributed by atoms with van der Waals surface area (Å²) in [6, 6.07) is 16.6. The lowest BCUT2D eigenvalue weighted by atomic mass is 9.99. The predicted octanol–water partition coefficient (Wildman–Crippen LogP) is 3.93. The number of fused-ring (bicyclic) bond motifs is 1. The first kappa shape index (κ1) is 18.2. The number of non-ortho nitro benzene ring substituents is 1. The summed E-state index contributed by atoms with van der Waals surface area (Å²) < 4.78 is 0. The number of nitro groups is 1. The van der Waals surface area contributed by atoms with Crippen molar-refractivity contribution >= 4 is 29.0 Å². The molecule has 142 valence electrons. The third-order valence-corrected chi connectivity index (χ3v) is 4.73. The summed E-state index contributed by atoms with van der Waals surface area (Å²) in [5.41, 5.74) is 1.82. The zero-order chi connectivity index (χ0) is 20.7. The summed E-state index contributed by atoms with van der Waals surface area (Å²) in [4.78, 5) is 49.8. The summed E-state index contributed by atoms with van der Waals surface area (Å²) in [5, 5.41) is 10.9. The number of nitrogens with zero attached hydrogens (tertiary/aromatic N) is 2. The van der Waals surface area contributed by atoms with Crippen molar-refractivity contribution in [1.82, 2.24) is 0 Å². The first-order valence-electron chi connectivity index (χ1n) is 8.75. The van der Waals surface area contributed by atoms with Gasteiger partial charge in [-0.2, -0.15) is 0 Å². The minimum atomic E-state index is -0.582. The van der Waals surface area contributed by atoms with Gasteiger partial charge in [0.15, 0.2) is 5.78 Å². The van der Waals surface area contributed by atoms with Crippen LogP contribution in [0.4, 0.5) is 11.4 Å². The smallest absolute Gasteiger partial charge is 0.270 e. The van der Waals surface area contributed by atoms with Gasteiger partial charge in [0.25, 0.3) is 17.5 Å². The minimum Gasteiger partial charge on any atom is -0.289 e. The number of carbonyl (C=O) groups is 3. The topological polar surface area (TPSA) is 97.6 Å². The number of carbonyl (C=O) groups excluding carboxylic acids is 3. The molecule has 0 N–H and O–H groups in total. The molecule has 0 atom stereocenters. The molecule has 0 bridgehead atoms. The van der Waals surface area contributed by atoms with Gasteiger partial charge in [-0.1, -0.05) is 30.3 Å². The lowest BCUT2D eigenvalue weighted by Gasteiger charge is -2.14. The van der Waals surface area contributed by atoms with Gasteiger partial charge >= 0.3 is 0 Å². The van der Waals surface area contributed by atoms with E-state index in [9.17, 15) is 24.5 Å². The number of hydrogen-bond acceptors (Lipinski definition) is 5. The molecule has 0 spiro atoms. The van der Waals surface area contributed by atoms with E-state index in [1.54, 1.807) is 18.2 Å². The zero-order valence-electron chi connectivity index (χ0n) is 15.3. The third kappa shape index (κ3) is 3.08. The molecule has 3 aromatic rings. The fourth-order valence-corrected chi connectivity index (χ4v) is 3.31. The van der Waals surface area contributed by atoms with Crippen molar-refractivity contribution in [3.8, 4) is 0 Å². The average Bonchev–Trinajstić information content (AvgIpc) is 2.97. The van der Waals surface area contributed by atoms with Crippen molar-refractivity contribution in [3.05, 3.63) is 105 Å². The molecule has 2 amide bonds. The summed E-state index contributed by atoms with van der Waals surface area (Å²) in [6.07, 6.45) is 0. The van der Waals surface area contributed by atoms with E-state index < -0.39 is 22.5 Å². The Morgan fingerprint density at radius 3 is 2.28 bits per heavy atom. The quantitative estimate of drug-likeness (QED) is 0.293. The van der Waals surface area contributed by atoms with Crippen LogP contribution in [0.3, 0.4) is 0 Å². The molecular weight excluding hydrogens is 372 g/mol. The maximum Gasteiger partial charge on any atom is 0.270 e. The molecule has 0 unspecified atom stereocenters. The van der Waals surface area contributed by atoms with Crippen LogP contribution in [-0.2, 0) is 0 Å². The number of aryl methyl sites for hydroxylation is 1. The van der Waals surface area contributed by atoms with Crippen LogP contribution in [0.15, 0.2) is 66.7 Å². The molecular formula is C22H14N2O5. The molecule has 0 saturated heterocycles. The van der Waals surface area contributed by atoms with E-state index in [1.807, 2.05) is 13.0 Å². The van der Waals surface area contributed by atoms with Crippen LogP contribution in [0.2, 0.25) is 0 Å². The number of rotatable bonds is 4. The van der Waals surface area contributed by atoms with Crippen LogP contribution in [0.25, 0.3) is 0 Å². The van der Waals surface area contributed by atoms with E-state index in [0.29, 0.717) is 5.69 Å². The lowest BCUT2D eigenvalue weighted by molar-refractivity contribution is -0.384. The Morgan fingerprint density at radius 2 is 1.55 bits per heavy atom. The predicted molar refractivity (Wildman–Crippen MR) is 105 cm³/mol. The number of nitro benzene ring substituents is 1. The maximum absolute atomic E-state index is 12.9. The largest absolute Gasteiger partial charge is 0.289 e.